The minimum absolute atomic E-state index is 0.0769. The molecule has 210 valence electrons. The van der Waals surface area contributed by atoms with Crippen LogP contribution in [0.4, 0.5) is 0 Å². The van der Waals surface area contributed by atoms with Gasteiger partial charge >= 0.3 is 0 Å². The van der Waals surface area contributed by atoms with Gasteiger partial charge in [0.15, 0.2) is 11.6 Å². The number of aliphatic imine (C=N–C) groups is 1. The third-order valence-corrected chi connectivity index (χ3v) is 7.46. The maximum atomic E-state index is 14.2. The van der Waals surface area contributed by atoms with Crippen molar-refractivity contribution in [1.82, 2.24) is 5.32 Å². The van der Waals surface area contributed by atoms with Crippen molar-refractivity contribution in [3.8, 4) is 5.75 Å². The molecule has 1 heterocycles. The quantitative estimate of drug-likeness (QED) is 0.207. The lowest BCUT2D eigenvalue weighted by Gasteiger charge is -2.31. The number of amides is 1. The van der Waals surface area contributed by atoms with Gasteiger partial charge in [0.2, 0.25) is 5.90 Å². The van der Waals surface area contributed by atoms with E-state index in [2.05, 4.69) is 5.32 Å². The van der Waals surface area contributed by atoms with E-state index in [-0.39, 0.29) is 12.5 Å². The number of rotatable bonds is 12. The maximum absolute atomic E-state index is 14.2. The van der Waals surface area contributed by atoms with Crippen LogP contribution in [0.15, 0.2) is 114 Å². The van der Waals surface area contributed by atoms with E-state index in [1.807, 2.05) is 109 Å². The molecule has 41 heavy (non-hydrogen) atoms. The van der Waals surface area contributed by atoms with Crippen LogP contribution in [0.3, 0.4) is 0 Å². The number of hydrogen-bond acceptors (Lipinski definition) is 5. The molecule has 4 aromatic rings. The van der Waals surface area contributed by atoms with Gasteiger partial charge in [0.25, 0.3) is 5.91 Å². The largest absolute Gasteiger partial charge is 0.494 e. The smallest absolute Gasteiger partial charge is 0.252 e. The molecule has 0 radical (unpaired) electrons. The number of nitrogens with one attached hydrogen (secondary N) is 1. The van der Waals surface area contributed by atoms with Gasteiger partial charge in [-0.1, -0.05) is 90.5 Å². The average molecular weight is 569 g/mol. The first-order valence-corrected chi connectivity index (χ1v) is 14.2. The molecular formula is C34H33ClN2O4. The number of hydrogen-bond donors (Lipinski definition) is 2. The topological polar surface area (TPSA) is 80.2 Å². The molecule has 5 rings (SSSR count). The summed E-state index contributed by atoms with van der Waals surface area (Å²) in [4.78, 5) is 19.3. The molecule has 7 heteroatoms. The third-order valence-electron chi connectivity index (χ3n) is 7.09. The first-order valence-electron chi connectivity index (χ1n) is 13.8. The Morgan fingerprint density at radius 3 is 2.32 bits per heavy atom. The van der Waals surface area contributed by atoms with Crippen LogP contribution in [0.25, 0.3) is 0 Å². The molecule has 0 spiro atoms. The molecule has 0 unspecified atom stereocenters. The van der Waals surface area contributed by atoms with E-state index < -0.39 is 11.6 Å². The fraction of sp³-hybridized carbons (Fsp3) is 0.235. The molecule has 1 aliphatic heterocycles. The van der Waals surface area contributed by atoms with Crippen molar-refractivity contribution in [2.24, 2.45) is 4.99 Å². The predicted molar refractivity (Wildman–Crippen MR) is 161 cm³/mol. The zero-order valence-corrected chi connectivity index (χ0v) is 23.5. The van der Waals surface area contributed by atoms with Crippen LogP contribution in [-0.2, 0) is 22.4 Å². The summed E-state index contributed by atoms with van der Waals surface area (Å²) in [6.07, 6.45) is 0.874. The van der Waals surface area contributed by atoms with E-state index in [0.29, 0.717) is 49.1 Å². The second-order valence-electron chi connectivity index (χ2n) is 9.96. The van der Waals surface area contributed by atoms with Gasteiger partial charge in [0.1, 0.15) is 5.75 Å². The summed E-state index contributed by atoms with van der Waals surface area (Å²) in [7, 11) is 0. The van der Waals surface area contributed by atoms with Gasteiger partial charge in [-0.25, -0.2) is 4.99 Å². The normalized spacial score (nSPS) is 17.9. The first-order chi connectivity index (χ1) is 20.1. The highest BCUT2D eigenvalue weighted by atomic mass is 35.5. The Kier molecular flexibility index (Phi) is 9.34. The van der Waals surface area contributed by atoms with E-state index in [9.17, 15) is 4.79 Å². The second kappa shape index (κ2) is 13.5. The molecule has 6 nitrogen and oxygen atoms in total. The molecule has 2 atom stereocenters. The number of benzene rings is 4. The highest BCUT2D eigenvalue weighted by Crippen LogP contribution is 2.42. The van der Waals surface area contributed by atoms with Crippen LogP contribution in [0, 0.1) is 0 Å². The highest BCUT2D eigenvalue weighted by molar-refractivity contribution is 6.31. The monoisotopic (exact) mass is 568 g/mol. The Labute approximate surface area is 245 Å². The molecule has 0 fully saturated rings. The van der Waals surface area contributed by atoms with Gasteiger partial charge in [-0.15, -0.1) is 0 Å². The zero-order chi connectivity index (χ0) is 28.5. The fourth-order valence-corrected chi connectivity index (χ4v) is 5.21. The van der Waals surface area contributed by atoms with Crippen molar-refractivity contribution in [2.45, 2.75) is 30.9 Å². The number of aliphatic hydroxyl groups excluding tert-OH is 1. The molecule has 0 aromatic heterocycles. The highest BCUT2D eigenvalue weighted by Gasteiger charge is 2.53. The number of carbonyl (C=O) groups is 1. The molecule has 2 N–H and O–H groups in total. The maximum Gasteiger partial charge on any atom is 0.252 e. The summed E-state index contributed by atoms with van der Waals surface area (Å²) in [5, 5.41) is 12.8. The third kappa shape index (κ3) is 6.79. The fourth-order valence-electron chi connectivity index (χ4n) is 4.98. The second-order valence-corrected chi connectivity index (χ2v) is 10.4. The van der Waals surface area contributed by atoms with Crippen molar-refractivity contribution in [3.05, 3.63) is 136 Å². The van der Waals surface area contributed by atoms with E-state index in [1.54, 1.807) is 0 Å². The summed E-state index contributed by atoms with van der Waals surface area (Å²) in [5.74, 6) is 0.882. The zero-order valence-electron chi connectivity index (χ0n) is 22.7. The van der Waals surface area contributed by atoms with E-state index in [1.165, 1.54) is 0 Å². The van der Waals surface area contributed by atoms with Crippen LogP contribution < -0.4 is 10.1 Å². The van der Waals surface area contributed by atoms with Crippen molar-refractivity contribution in [3.63, 3.8) is 0 Å². The van der Waals surface area contributed by atoms with Gasteiger partial charge in [-0.2, -0.15) is 0 Å². The molecule has 4 aromatic carbocycles. The Balaban J connectivity index is 1.49. The van der Waals surface area contributed by atoms with Gasteiger partial charge < -0.3 is 19.9 Å². The molecular weight excluding hydrogens is 536 g/mol. The minimum Gasteiger partial charge on any atom is -0.494 e. The minimum atomic E-state index is -1.24. The molecule has 0 bridgehead atoms. The Morgan fingerprint density at radius 1 is 0.927 bits per heavy atom. The van der Waals surface area contributed by atoms with Gasteiger partial charge in [0, 0.05) is 36.6 Å². The lowest BCUT2D eigenvalue weighted by Crippen LogP contribution is -2.50. The Morgan fingerprint density at radius 2 is 1.61 bits per heavy atom. The first kappa shape index (κ1) is 28.4. The van der Waals surface area contributed by atoms with Crippen LogP contribution in [0.5, 0.6) is 5.75 Å². The van der Waals surface area contributed by atoms with E-state index in [4.69, 9.17) is 31.2 Å². The molecule has 1 amide bonds. The number of ether oxygens (including phenoxy) is 2. The number of aliphatic hydroxyl groups is 1. The summed E-state index contributed by atoms with van der Waals surface area (Å²) in [6, 6.07) is 34.8. The van der Waals surface area contributed by atoms with Crippen LogP contribution in [0.2, 0.25) is 5.02 Å². The van der Waals surface area contributed by atoms with Gasteiger partial charge in [0.05, 0.1) is 6.61 Å². The summed E-state index contributed by atoms with van der Waals surface area (Å²) in [6.45, 7) is 0.914. The van der Waals surface area contributed by atoms with Gasteiger partial charge in [-0.05, 0) is 53.4 Å². The number of nitrogens with zero attached hydrogens (tertiary/aromatic N) is 1. The summed E-state index contributed by atoms with van der Waals surface area (Å²) < 4.78 is 12.2. The standard InChI is InChI=1S/C34H33ClN2O4/c35-30-15-8-7-12-26(30)20-21-36-33(39)34(24-25-10-3-1-4-11-25)31(27-13-5-2-6-14-27)41-32(37-34)28-16-18-29(19-17-28)40-23-9-22-38/h1-8,10-19,31,38H,9,20-24H2,(H,36,39)/t31-,34-/m1/s1. The van der Waals surface area contributed by atoms with E-state index in [0.717, 1.165) is 22.3 Å². The Bertz CT molecular complexity index is 1460. The SMILES string of the molecule is O=C(NCCc1ccccc1Cl)[C@]1(Cc2ccccc2)N=C(c2ccc(OCCCO)cc2)O[C@@H]1c1ccccc1. The van der Waals surface area contributed by atoms with Gasteiger partial charge in [-0.3, -0.25) is 4.79 Å². The van der Waals surface area contributed by atoms with E-state index >= 15 is 0 Å². The van der Waals surface area contributed by atoms with Crippen LogP contribution in [-0.4, -0.2) is 42.2 Å². The van der Waals surface area contributed by atoms with Crippen LogP contribution in [0.1, 0.15) is 34.8 Å². The lowest BCUT2D eigenvalue weighted by atomic mass is 9.82. The molecule has 0 saturated carbocycles. The lowest BCUT2D eigenvalue weighted by molar-refractivity contribution is -0.128. The van der Waals surface area contributed by atoms with Crippen molar-refractivity contribution < 1.29 is 19.4 Å². The average Bonchev–Trinajstić information content (AvgIpc) is 3.40. The summed E-state index contributed by atoms with van der Waals surface area (Å²) >= 11 is 6.36. The van der Waals surface area contributed by atoms with Crippen LogP contribution >= 0.6 is 11.6 Å². The number of carbonyl (C=O) groups excluding carboxylic acids is 1. The van der Waals surface area contributed by atoms with Crippen molar-refractivity contribution in [1.29, 1.82) is 0 Å². The Hall–Kier alpha value is -4.13. The predicted octanol–water partition coefficient (Wildman–Crippen LogP) is 5.96. The van der Waals surface area contributed by atoms with Crippen molar-refractivity contribution in [2.75, 3.05) is 19.8 Å². The van der Waals surface area contributed by atoms with Crippen molar-refractivity contribution >= 4 is 23.4 Å². The molecule has 0 aliphatic carbocycles. The molecule has 0 saturated heterocycles. The summed E-state index contributed by atoms with van der Waals surface area (Å²) in [5.41, 5.74) is 2.33. The molecule has 1 aliphatic rings. The number of halogens is 1.